The lowest BCUT2D eigenvalue weighted by atomic mass is 10.1. The van der Waals surface area contributed by atoms with E-state index in [4.69, 9.17) is 5.73 Å². The van der Waals surface area contributed by atoms with Crippen molar-refractivity contribution in [2.45, 2.75) is 52.5 Å². The van der Waals surface area contributed by atoms with E-state index in [1.54, 1.807) is 0 Å². The molecule has 1 heterocycles. The van der Waals surface area contributed by atoms with Crippen LogP contribution in [0.4, 0.5) is 17.8 Å². The van der Waals surface area contributed by atoms with Gasteiger partial charge in [0.2, 0.25) is 17.8 Å². The molecule has 3 N–H and O–H groups in total. The van der Waals surface area contributed by atoms with Gasteiger partial charge in [0.1, 0.15) is 0 Å². The zero-order valence-corrected chi connectivity index (χ0v) is 15.6. The van der Waals surface area contributed by atoms with Gasteiger partial charge in [0, 0.05) is 13.1 Å². The highest BCUT2D eigenvalue weighted by Crippen LogP contribution is 2.19. The second kappa shape index (κ2) is 9.81. The lowest BCUT2D eigenvalue weighted by molar-refractivity contribution is 0.661. The molecule has 0 spiro atoms. The first-order chi connectivity index (χ1) is 12.1. The van der Waals surface area contributed by atoms with Crippen LogP contribution in [0.5, 0.6) is 0 Å². The van der Waals surface area contributed by atoms with Crippen molar-refractivity contribution in [3.8, 4) is 0 Å². The number of nitrogens with one attached hydrogen (secondary N) is 1. The lowest BCUT2D eigenvalue weighted by Crippen LogP contribution is -2.28. The number of hydrogen-bond acceptors (Lipinski definition) is 6. The summed E-state index contributed by atoms with van der Waals surface area (Å²) in [6.07, 6.45) is 4.50. The summed E-state index contributed by atoms with van der Waals surface area (Å²) in [7, 11) is 0. The van der Waals surface area contributed by atoms with Gasteiger partial charge in [-0.25, -0.2) is 0 Å². The number of anilines is 3. The van der Waals surface area contributed by atoms with Crippen LogP contribution in [0.25, 0.3) is 0 Å². The van der Waals surface area contributed by atoms with E-state index in [9.17, 15) is 0 Å². The van der Waals surface area contributed by atoms with Gasteiger partial charge in [0.15, 0.2) is 0 Å². The third-order valence-electron chi connectivity index (χ3n) is 4.13. The Hall–Kier alpha value is -2.37. The largest absolute Gasteiger partial charge is 0.368 e. The number of benzene rings is 1. The number of aromatic nitrogens is 3. The maximum absolute atomic E-state index is 5.94. The molecule has 2 aromatic rings. The Morgan fingerprint density at radius 2 is 1.64 bits per heavy atom. The second-order valence-corrected chi connectivity index (χ2v) is 6.29. The van der Waals surface area contributed by atoms with Crippen molar-refractivity contribution in [3.05, 3.63) is 35.9 Å². The van der Waals surface area contributed by atoms with E-state index in [2.05, 4.69) is 58.1 Å². The summed E-state index contributed by atoms with van der Waals surface area (Å²) in [6.45, 7) is 8.34. The van der Waals surface area contributed by atoms with E-state index in [0.29, 0.717) is 11.9 Å². The molecular weight excluding hydrogens is 312 g/mol. The molecule has 1 atom stereocenters. The Balaban J connectivity index is 2.16. The van der Waals surface area contributed by atoms with Gasteiger partial charge in [-0.3, -0.25) is 0 Å². The zero-order valence-electron chi connectivity index (χ0n) is 15.6. The Labute approximate surface area is 150 Å². The molecule has 25 heavy (non-hydrogen) atoms. The van der Waals surface area contributed by atoms with Gasteiger partial charge in [0.25, 0.3) is 0 Å². The molecule has 1 aromatic heterocycles. The van der Waals surface area contributed by atoms with Crippen LogP contribution >= 0.6 is 0 Å². The molecule has 0 aliphatic carbocycles. The first kappa shape index (κ1) is 19.0. The van der Waals surface area contributed by atoms with Gasteiger partial charge < -0.3 is 16.0 Å². The van der Waals surface area contributed by atoms with Crippen molar-refractivity contribution in [2.24, 2.45) is 0 Å². The van der Waals surface area contributed by atoms with Crippen LogP contribution in [0.1, 0.15) is 58.1 Å². The average molecular weight is 342 g/mol. The predicted octanol–water partition coefficient (Wildman–Crippen LogP) is 4.03. The van der Waals surface area contributed by atoms with Crippen LogP contribution < -0.4 is 16.0 Å². The predicted molar refractivity (Wildman–Crippen MR) is 105 cm³/mol. The Morgan fingerprint density at radius 1 is 1.00 bits per heavy atom. The van der Waals surface area contributed by atoms with E-state index in [1.807, 2.05) is 18.2 Å². The van der Waals surface area contributed by atoms with E-state index in [1.165, 1.54) is 5.56 Å². The number of nitrogens with zero attached hydrogens (tertiary/aromatic N) is 4. The molecule has 0 unspecified atom stereocenters. The molecule has 0 fully saturated rings. The van der Waals surface area contributed by atoms with Crippen molar-refractivity contribution >= 4 is 17.8 Å². The van der Waals surface area contributed by atoms with Gasteiger partial charge in [-0.15, -0.1) is 0 Å². The number of nitrogens with two attached hydrogens (primary N) is 1. The van der Waals surface area contributed by atoms with Crippen molar-refractivity contribution in [1.29, 1.82) is 0 Å². The van der Waals surface area contributed by atoms with Crippen LogP contribution in [-0.4, -0.2) is 28.0 Å². The average Bonchev–Trinajstić information content (AvgIpc) is 2.62. The molecule has 0 saturated heterocycles. The topological polar surface area (TPSA) is 80.0 Å². The SMILES string of the molecule is CCCCN(CCCC)c1nc(N)nc(N[C@H](C)c2ccccc2)n1. The third kappa shape index (κ3) is 5.89. The van der Waals surface area contributed by atoms with E-state index in [0.717, 1.165) is 38.8 Å². The van der Waals surface area contributed by atoms with Gasteiger partial charge in [-0.2, -0.15) is 15.0 Å². The molecule has 6 heteroatoms. The zero-order chi connectivity index (χ0) is 18.1. The lowest BCUT2D eigenvalue weighted by Gasteiger charge is -2.23. The molecule has 1 aromatic carbocycles. The van der Waals surface area contributed by atoms with E-state index >= 15 is 0 Å². The van der Waals surface area contributed by atoms with Crippen LogP contribution in [-0.2, 0) is 0 Å². The summed E-state index contributed by atoms with van der Waals surface area (Å²) >= 11 is 0. The van der Waals surface area contributed by atoms with Crippen molar-refractivity contribution in [3.63, 3.8) is 0 Å². The number of rotatable bonds is 10. The first-order valence-electron chi connectivity index (χ1n) is 9.22. The van der Waals surface area contributed by atoms with E-state index < -0.39 is 0 Å². The summed E-state index contributed by atoms with van der Waals surface area (Å²) in [6, 6.07) is 10.3. The van der Waals surface area contributed by atoms with Crippen LogP contribution in [0.2, 0.25) is 0 Å². The van der Waals surface area contributed by atoms with Crippen molar-refractivity contribution in [2.75, 3.05) is 29.0 Å². The van der Waals surface area contributed by atoms with Gasteiger partial charge in [-0.05, 0) is 25.3 Å². The van der Waals surface area contributed by atoms with Crippen molar-refractivity contribution < 1.29 is 0 Å². The first-order valence-corrected chi connectivity index (χ1v) is 9.22. The maximum Gasteiger partial charge on any atom is 0.231 e. The van der Waals surface area contributed by atoms with Crippen LogP contribution in [0, 0.1) is 0 Å². The Morgan fingerprint density at radius 3 is 2.24 bits per heavy atom. The monoisotopic (exact) mass is 342 g/mol. The second-order valence-electron chi connectivity index (χ2n) is 6.29. The smallest absolute Gasteiger partial charge is 0.231 e. The molecule has 136 valence electrons. The minimum atomic E-state index is 0.0931. The Bertz CT molecular complexity index is 623. The number of nitrogen functional groups attached to an aromatic ring is 1. The summed E-state index contributed by atoms with van der Waals surface area (Å²) in [4.78, 5) is 15.5. The molecule has 0 radical (unpaired) electrons. The highest BCUT2D eigenvalue weighted by molar-refractivity contribution is 5.43. The summed E-state index contributed by atoms with van der Waals surface area (Å²) < 4.78 is 0. The fourth-order valence-corrected chi connectivity index (χ4v) is 2.62. The Kier molecular flexibility index (Phi) is 7.44. The van der Waals surface area contributed by atoms with Gasteiger partial charge in [-0.1, -0.05) is 57.0 Å². The summed E-state index contributed by atoms with van der Waals surface area (Å²) in [5.74, 6) is 1.44. The molecule has 0 bridgehead atoms. The van der Waals surface area contributed by atoms with E-state index in [-0.39, 0.29) is 12.0 Å². The molecule has 6 nitrogen and oxygen atoms in total. The van der Waals surface area contributed by atoms with Gasteiger partial charge in [0.05, 0.1) is 6.04 Å². The normalized spacial score (nSPS) is 12.0. The fourth-order valence-electron chi connectivity index (χ4n) is 2.62. The summed E-state index contributed by atoms with van der Waals surface area (Å²) in [5.41, 5.74) is 7.12. The third-order valence-corrected chi connectivity index (χ3v) is 4.13. The fraction of sp³-hybridized carbons (Fsp3) is 0.526. The number of unbranched alkanes of at least 4 members (excludes halogenated alkanes) is 2. The summed E-state index contributed by atoms with van der Waals surface area (Å²) in [5, 5.41) is 3.34. The standard InChI is InChI=1S/C19H30N6/c1-4-6-13-25(14-7-5-2)19-23-17(20)22-18(24-19)21-15(3)16-11-9-8-10-12-16/h8-12,15H,4-7,13-14H2,1-3H3,(H3,20,21,22,23,24)/t15-/m1/s1. The van der Waals surface area contributed by atoms with Gasteiger partial charge >= 0.3 is 0 Å². The molecular formula is C19H30N6. The molecule has 2 rings (SSSR count). The highest BCUT2D eigenvalue weighted by atomic mass is 15.3. The maximum atomic E-state index is 5.94. The number of hydrogen-bond donors (Lipinski definition) is 2. The molecule has 0 aliphatic rings. The molecule has 0 amide bonds. The molecule has 0 saturated carbocycles. The molecule has 0 aliphatic heterocycles. The highest BCUT2D eigenvalue weighted by Gasteiger charge is 2.14. The minimum Gasteiger partial charge on any atom is -0.368 e. The van der Waals surface area contributed by atoms with Crippen LogP contribution in [0.3, 0.4) is 0 Å². The van der Waals surface area contributed by atoms with Crippen molar-refractivity contribution in [1.82, 2.24) is 15.0 Å². The minimum absolute atomic E-state index is 0.0931. The quantitative estimate of drug-likeness (QED) is 0.678. The van der Waals surface area contributed by atoms with Crippen LogP contribution in [0.15, 0.2) is 30.3 Å².